The van der Waals surface area contributed by atoms with Gasteiger partial charge in [0.05, 0.1) is 25.7 Å². The Balaban J connectivity index is 2.23. The second-order valence-electron chi connectivity index (χ2n) is 5.25. The van der Waals surface area contributed by atoms with Crippen molar-refractivity contribution in [2.24, 2.45) is 5.92 Å². The minimum absolute atomic E-state index is 0.0184. The summed E-state index contributed by atoms with van der Waals surface area (Å²) in [5, 5.41) is 2.65. The molecule has 0 bridgehead atoms. The summed E-state index contributed by atoms with van der Waals surface area (Å²) < 4.78 is 10.6. The molecule has 1 fully saturated rings. The van der Waals surface area contributed by atoms with Crippen LogP contribution in [0.15, 0.2) is 18.2 Å². The number of nitrogens with zero attached hydrogens (tertiary/aromatic N) is 1. The molecule has 0 spiro atoms. The van der Waals surface area contributed by atoms with Crippen LogP contribution < -0.4 is 14.8 Å². The summed E-state index contributed by atoms with van der Waals surface area (Å²) in [6, 6.07) is 5.22. The lowest BCUT2D eigenvalue weighted by molar-refractivity contribution is -0.125. The number of likely N-dealkylation sites (tertiary alicyclic amines) is 1. The normalized spacial score (nSPS) is 17.8. The van der Waals surface area contributed by atoms with E-state index in [0.717, 1.165) is 12.8 Å². The fraction of sp³-hybridized carbons (Fsp3) is 0.500. The Morgan fingerprint density at radius 1 is 1.27 bits per heavy atom. The Labute approximate surface area is 130 Å². The molecule has 1 atom stereocenters. The molecule has 2 amide bonds. The smallest absolute Gasteiger partial charge is 0.257 e. The van der Waals surface area contributed by atoms with Crippen LogP contribution in [0.1, 0.15) is 23.2 Å². The molecule has 1 aromatic carbocycles. The molecule has 120 valence electrons. The van der Waals surface area contributed by atoms with Crippen molar-refractivity contribution in [1.82, 2.24) is 10.2 Å². The predicted molar refractivity (Wildman–Crippen MR) is 82.2 cm³/mol. The summed E-state index contributed by atoms with van der Waals surface area (Å²) in [5.41, 5.74) is 0.458. The number of piperidine rings is 1. The standard InChI is InChI=1S/C16H22N2O4/c1-17-15(19)11-6-5-9-18(10-11)16(20)12-7-4-8-13(21-2)14(12)22-3/h4,7-8,11H,5-6,9-10H2,1-3H3,(H,17,19). The molecule has 0 radical (unpaired) electrons. The summed E-state index contributed by atoms with van der Waals surface area (Å²) in [7, 11) is 4.67. The van der Waals surface area contributed by atoms with E-state index in [-0.39, 0.29) is 17.7 Å². The number of hydrogen-bond acceptors (Lipinski definition) is 4. The van der Waals surface area contributed by atoms with Gasteiger partial charge < -0.3 is 19.7 Å². The Bertz CT molecular complexity index is 559. The third-order valence-corrected chi connectivity index (χ3v) is 3.96. The number of ether oxygens (including phenoxy) is 2. The molecule has 2 rings (SSSR count). The number of para-hydroxylation sites is 1. The van der Waals surface area contributed by atoms with Crippen LogP contribution in [0, 0.1) is 5.92 Å². The second-order valence-corrected chi connectivity index (χ2v) is 5.25. The summed E-state index contributed by atoms with van der Waals surface area (Å²) in [6.45, 7) is 1.07. The van der Waals surface area contributed by atoms with Crippen molar-refractivity contribution in [2.45, 2.75) is 12.8 Å². The molecule has 1 unspecified atom stereocenters. The number of rotatable bonds is 4. The quantitative estimate of drug-likeness (QED) is 0.910. The van der Waals surface area contributed by atoms with Crippen LogP contribution in [0.4, 0.5) is 0 Å². The molecule has 0 saturated carbocycles. The van der Waals surface area contributed by atoms with Crippen LogP contribution in [0.2, 0.25) is 0 Å². The van der Waals surface area contributed by atoms with Crippen molar-refractivity contribution >= 4 is 11.8 Å². The first-order valence-electron chi connectivity index (χ1n) is 7.34. The number of carbonyl (C=O) groups excluding carboxylic acids is 2. The van der Waals surface area contributed by atoms with Gasteiger partial charge in [0.15, 0.2) is 11.5 Å². The van der Waals surface area contributed by atoms with Gasteiger partial charge in [-0.25, -0.2) is 0 Å². The van der Waals surface area contributed by atoms with Crippen molar-refractivity contribution in [3.05, 3.63) is 23.8 Å². The van der Waals surface area contributed by atoms with Gasteiger partial charge in [-0.1, -0.05) is 6.07 Å². The first kappa shape index (κ1) is 16.1. The van der Waals surface area contributed by atoms with Gasteiger partial charge >= 0.3 is 0 Å². The van der Waals surface area contributed by atoms with Crippen molar-refractivity contribution in [2.75, 3.05) is 34.4 Å². The highest BCUT2D eigenvalue weighted by Crippen LogP contribution is 2.32. The molecule has 1 aromatic rings. The van der Waals surface area contributed by atoms with Crippen LogP contribution in [-0.4, -0.2) is 51.1 Å². The van der Waals surface area contributed by atoms with Gasteiger partial charge in [-0.2, -0.15) is 0 Å². The lowest BCUT2D eigenvalue weighted by Gasteiger charge is -2.32. The monoisotopic (exact) mass is 306 g/mol. The van der Waals surface area contributed by atoms with E-state index in [1.807, 2.05) is 0 Å². The zero-order valence-corrected chi connectivity index (χ0v) is 13.2. The molecule has 1 N–H and O–H groups in total. The summed E-state index contributed by atoms with van der Waals surface area (Å²) in [6.07, 6.45) is 1.62. The number of benzene rings is 1. The summed E-state index contributed by atoms with van der Waals surface area (Å²) in [5.74, 6) is 0.643. The van der Waals surface area contributed by atoms with Gasteiger partial charge in [0.25, 0.3) is 5.91 Å². The van der Waals surface area contributed by atoms with Crippen LogP contribution in [0.3, 0.4) is 0 Å². The number of amides is 2. The maximum atomic E-state index is 12.8. The molecule has 0 aliphatic carbocycles. The molecular weight excluding hydrogens is 284 g/mol. The highest BCUT2D eigenvalue weighted by molar-refractivity contribution is 5.98. The lowest BCUT2D eigenvalue weighted by atomic mass is 9.96. The summed E-state index contributed by atoms with van der Waals surface area (Å²) in [4.78, 5) is 26.3. The number of carbonyl (C=O) groups is 2. The topological polar surface area (TPSA) is 67.9 Å². The van der Waals surface area contributed by atoms with E-state index in [1.165, 1.54) is 14.2 Å². The van der Waals surface area contributed by atoms with Gasteiger partial charge in [0.1, 0.15) is 0 Å². The number of hydrogen-bond donors (Lipinski definition) is 1. The van der Waals surface area contributed by atoms with Gasteiger partial charge in [0.2, 0.25) is 5.91 Å². The van der Waals surface area contributed by atoms with Crippen molar-refractivity contribution in [3.63, 3.8) is 0 Å². The second kappa shape index (κ2) is 7.15. The van der Waals surface area contributed by atoms with E-state index in [4.69, 9.17) is 9.47 Å². The Kier molecular flexibility index (Phi) is 5.25. The number of methoxy groups -OCH3 is 2. The van der Waals surface area contributed by atoms with E-state index >= 15 is 0 Å². The van der Waals surface area contributed by atoms with Crippen molar-refractivity contribution < 1.29 is 19.1 Å². The molecule has 1 saturated heterocycles. The molecule has 6 nitrogen and oxygen atoms in total. The molecule has 1 aliphatic rings. The largest absolute Gasteiger partial charge is 0.493 e. The van der Waals surface area contributed by atoms with Gasteiger partial charge in [-0.05, 0) is 25.0 Å². The Morgan fingerprint density at radius 3 is 2.68 bits per heavy atom. The van der Waals surface area contributed by atoms with Crippen molar-refractivity contribution in [1.29, 1.82) is 0 Å². The molecule has 22 heavy (non-hydrogen) atoms. The predicted octanol–water partition coefficient (Wildman–Crippen LogP) is 1.30. The van der Waals surface area contributed by atoms with Gasteiger partial charge in [0, 0.05) is 20.1 Å². The minimum Gasteiger partial charge on any atom is -0.493 e. The van der Waals surface area contributed by atoms with E-state index in [1.54, 1.807) is 30.1 Å². The van der Waals surface area contributed by atoms with Crippen LogP contribution in [0.5, 0.6) is 11.5 Å². The van der Waals surface area contributed by atoms with Crippen LogP contribution in [-0.2, 0) is 4.79 Å². The molecule has 0 aromatic heterocycles. The third-order valence-electron chi connectivity index (χ3n) is 3.96. The summed E-state index contributed by atoms with van der Waals surface area (Å²) >= 11 is 0. The van der Waals surface area contributed by atoms with Crippen molar-refractivity contribution in [3.8, 4) is 11.5 Å². The minimum atomic E-state index is -0.153. The van der Waals surface area contributed by atoms with E-state index in [0.29, 0.717) is 30.2 Å². The highest BCUT2D eigenvalue weighted by Gasteiger charge is 2.30. The van der Waals surface area contributed by atoms with Gasteiger partial charge in [-0.3, -0.25) is 9.59 Å². The Morgan fingerprint density at radius 2 is 2.05 bits per heavy atom. The zero-order valence-electron chi connectivity index (χ0n) is 13.2. The van der Waals surface area contributed by atoms with Crippen LogP contribution >= 0.6 is 0 Å². The Hall–Kier alpha value is -2.24. The maximum absolute atomic E-state index is 12.8. The molecule has 1 heterocycles. The maximum Gasteiger partial charge on any atom is 0.257 e. The van der Waals surface area contributed by atoms with Crippen LogP contribution in [0.25, 0.3) is 0 Å². The van der Waals surface area contributed by atoms with E-state index < -0.39 is 0 Å². The molecule has 1 aliphatic heterocycles. The molecular formula is C16H22N2O4. The molecule has 6 heteroatoms. The number of nitrogens with one attached hydrogen (secondary N) is 1. The zero-order chi connectivity index (χ0) is 16.1. The SMILES string of the molecule is CNC(=O)C1CCCN(C(=O)c2cccc(OC)c2OC)C1. The fourth-order valence-electron chi connectivity index (χ4n) is 2.81. The average Bonchev–Trinajstić information content (AvgIpc) is 2.59. The highest BCUT2D eigenvalue weighted by atomic mass is 16.5. The first-order valence-corrected chi connectivity index (χ1v) is 7.34. The van der Waals surface area contributed by atoms with E-state index in [9.17, 15) is 9.59 Å². The van der Waals surface area contributed by atoms with Gasteiger partial charge in [-0.15, -0.1) is 0 Å². The first-order chi connectivity index (χ1) is 10.6. The third kappa shape index (κ3) is 3.16. The fourth-order valence-corrected chi connectivity index (χ4v) is 2.81. The van der Waals surface area contributed by atoms with E-state index in [2.05, 4.69) is 5.32 Å². The lowest BCUT2D eigenvalue weighted by Crippen LogP contribution is -2.44. The average molecular weight is 306 g/mol.